The van der Waals surface area contributed by atoms with Gasteiger partial charge in [-0.2, -0.15) is 13.7 Å². The number of carbonyl (C=O) groups is 1. The van der Waals surface area contributed by atoms with Crippen molar-refractivity contribution < 1.29 is 17.8 Å². The maximum Gasteiger partial charge on any atom is 0.295 e. The zero-order valence-electron chi connectivity index (χ0n) is 9.40. The molecule has 98 valence electrons. The van der Waals surface area contributed by atoms with Crippen molar-refractivity contribution >= 4 is 34.5 Å². The smallest absolute Gasteiger partial charge is 0.295 e. The van der Waals surface area contributed by atoms with Gasteiger partial charge in [-0.3, -0.25) is 4.55 Å². The lowest BCUT2D eigenvalue weighted by Crippen LogP contribution is -2.19. The molecule has 1 N–H and O–H groups in total. The molecule has 1 rings (SSSR count). The van der Waals surface area contributed by atoms with E-state index in [9.17, 15) is 13.2 Å². The number of hydrogen-bond acceptors (Lipinski definition) is 5. The number of carbonyl (C=O) groups excluding carboxylic acids is 1. The molecular weight excluding hydrogens is 280 g/mol. The van der Waals surface area contributed by atoms with E-state index >= 15 is 0 Å². The molecule has 18 heavy (non-hydrogen) atoms. The molecule has 0 aliphatic heterocycles. The molecule has 0 radical (unpaired) electrons. The number of benzene rings is 1. The molecule has 0 aromatic heterocycles. The molecule has 0 saturated carbocycles. The topological polar surface area (TPSA) is 98.5 Å². The fourth-order valence-electron chi connectivity index (χ4n) is 1.27. The van der Waals surface area contributed by atoms with Crippen LogP contribution >= 0.6 is 12.4 Å². The van der Waals surface area contributed by atoms with Gasteiger partial charge < -0.3 is 9.69 Å². The zero-order chi connectivity index (χ0) is 13.1. The second-order valence-corrected chi connectivity index (χ2v) is 4.70. The number of likely N-dealkylation sites (N-methyl/N-ethyl adjacent to an activating group) is 1. The van der Waals surface area contributed by atoms with Gasteiger partial charge in [0.2, 0.25) is 0 Å². The van der Waals surface area contributed by atoms with Gasteiger partial charge >= 0.3 is 0 Å². The Kier molecular flexibility index (Phi) is 5.78. The van der Waals surface area contributed by atoms with E-state index in [0.717, 1.165) is 6.07 Å². The number of hydrogen-bond donors (Lipinski definition) is 1. The predicted octanol–water partition coefficient (Wildman–Crippen LogP) is 0.862. The summed E-state index contributed by atoms with van der Waals surface area (Å²) in [6.45, 7) is 0.0802. The average Bonchev–Trinajstić information content (AvgIpc) is 2.27. The average molecular weight is 291 g/mol. The molecule has 1 aromatic carbocycles. The zero-order valence-corrected chi connectivity index (χ0v) is 11.0. The fraction of sp³-hybridized carbons (Fsp3) is 0.200. The lowest BCUT2D eigenvalue weighted by molar-refractivity contribution is -0.106. The monoisotopic (exact) mass is 290 g/mol. The Labute approximate surface area is 111 Å². The van der Waals surface area contributed by atoms with Crippen LogP contribution in [-0.2, 0) is 14.9 Å². The van der Waals surface area contributed by atoms with Crippen LogP contribution in [0.5, 0.6) is 0 Å². The van der Waals surface area contributed by atoms with Gasteiger partial charge in [0.15, 0.2) is 0 Å². The maximum absolute atomic E-state index is 11.1. The van der Waals surface area contributed by atoms with Crippen molar-refractivity contribution in [3.8, 4) is 6.07 Å². The van der Waals surface area contributed by atoms with Gasteiger partial charge in [-0.1, -0.05) is 0 Å². The third-order valence-electron chi connectivity index (χ3n) is 2.15. The highest BCUT2D eigenvalue weighted by atomic mass is 35.5. The third kappa shape index (κ3) is 3.70. The molecular formula is C10H11ClN2O4S. The fourth-order valence-corrected chi connectivity index (χ4v) is 1.93. The summed E-state index contributed by atoms with van der Waals surface area (Å²) in [7, 11) is -2.87. The normalized spacial score (nSPS) is 10.1. The SMILES string of the molecule is CN(CC=O)c1ccc(C#N)c(S(=O)(=O)O)c1.Cl. The van der Waals surface area contributed by atoms with Crippen LogP contribution in [0.2, 0.25) is 0 Å². The Morgan fingerprint density at radius 3 is 2.56 bits per heavy atom. The van der Waals surface area contributed by atoms with E-state index in [1.807, 2.05) is 0 Å². The van der Waals surface area contributed by atoms with E-state index in [2.05, 4.69) is 0 Å². The number of nitrogens with zero attached hydrogens (tertiary/aromatic N) is 2. The van der Waals surface area contributed by atoms with E-state index in [0.29, 0.717) is 12.0 Å². The van der Waals surface area contributed by atoms with Gasteiger partial charge in [-0.05, 0) is 18.2 Å². The van der Waals surface area contributed by atoms with Crippen molar-refractivity contribution in [2.24, 2.45) is 0 Å². The number of anilines is 1. The molecule has 8 heteroatoms. The number of halogens is 1. The van der Waals surface area contributed by atoms with Gasteiger partial charge in [-0.25, -0.2) is 0 Å². The maximum atomic E-state index is 11.1. The highest BCUT2D eigenvalue weighted by molar-refractivity contribution is 7.85. The molecule has 0 spiro atoms. The summed E-state index contributed by atoms with van der Waals surface area (Å²) >= 11 is 0. The van der Waals surface area contributed by atoms with Crippen LogP contribution in [0.15, 0.2) is 23.1 Å². The summed E-state index contributed by atoms with van der Waals surface area (Å²) in [5.74, 6) is 0. The summed E-state index contributed by atoms with van der Waals surface area (Å²) in [4.78, 5) is 11.4. The quantitative estimate of drug-likeness (QED) is 0.652. The molecule has 0 aliphatic carbocycles. The van der Waals surface area contributed by atoms with Crippen LogP contribution in [0.1, 0.15) is 5.56 Å². The van der Waals surface area contributed by atoms with E-state index in [1.165, 1.54) is 17.0 Å². The first kappa shape index (κ1) is 16.4. The standard InChI is InChI=1S/C10H10N2O4S.ClH/c1-12(4-5-13)9-3-2-8(7-11)10(6-9)17(14,15)16;/h2-3,5-6H,4H2,1H3,(H,14,15,16);1H. The Morgan fingerprint density at radius 2 is 2.11 bits per heavy atom. The number of nitriles is 1. The number of rotatable bonds is 4. The first-order valence-corrected chi connectivity index (χ1v) is 6.00. The second-order valence-electron chi connectivity index (χ2n) is 3.31. The molecule has 0 heterocycles. The van der Waals surface area contributed by atoms with Gasteiger partial charge in [-0.15, -0.1) is 12.4 Å². The first-order valence-electron chi connectivity index (χ1n) is 4.56. The lowest BCUT2D eigenvalue weighted by Gasteiger charge is -2.16. The van der Waals surface area contributed by atoms with Crippen LogP contribution in [0.4, 0.5) is 5.69 Å². The van der Waals surface area contributed by atoms with E-state index in [4.69, 9.17) is 9.81 Å². The minimum atomic E-state index is -4.45. The third-order valence-corrected chi connectivity index (χ3v) is 3.05. The Balaban J connectivity index is 0.00000289. The molecule has 1 aromatic rings. The van der Waals surface area contributed by atoms with Crippen molar-refractivity contribution in [1.82, 2.24) is 0 Å². The molecule has 6 nitrogen and oxygen atoms in total. The van der Waals surface area contributed by atoms with Crippen molar-refractivity contribution in [2.45, 2.75) is 4.90 Å². The number of aldehydes is 1. The van der Waals surface area contributed by atoms with Crippen molar-refractivity contribution in [3.63, 3.8) is 0 Å². The molecule has 0 atom stereocenters. The first-order chi connectivity index (χ1) is 7.90. The Hall–Kier alpha value is -1.62. The molecule has 0 aliphatic rings. The summed E-state index contributed by atoms with van der Waals surface area (Å²) in [6.07, 6.45) is 0.658. The summed E-state index contributed by atoms with van der Waals surface area (Å²) in [5.41, 5.74) is 0.277. The summed E-state index contributed by atoms with van der Waals surface area (Å²) in [5, 5.41) is 8.72. The molecule has 0 saturated heterocycles. The lowest BCUT2D eigenvalue weighted by atomic mass is 10.2. The van der Waals surface area contributed by atoms with Crippen molar-refractivity contribution in [2.75, 3.05) is 18.5 Å². The largest absolute Gasteiger partial charge is 0.368 e. The van der Waals surface area contributed by atoms with Gasteiger partial charge in [0.25, 0.3) is 10.1 Å². The molecule has 0 fully saturated rings. The van der Waals surface area contributed by atoms with Crippen LogP contribution in [0, 0.1) is 11.3 Å². The Morgan fingerprint density at radius 1 is 1.50 bits per heavy atom. The van der Waals surface area contributed by atoms with Crippen LogP contribution in [-0.4, -0.2) is 32.8 Å². The van der Waals surface area contributed by atoms with Crippen LogP contribution < -0.4 is 4.90 Å². The molecule has 0 bridgehead atoms. The minimum absolute atomic E-state index is 0. The summed E-state index contributed by atoms with van der Waals surface area (Å²) < 4.78 is 31.1. The summed E-state index contributed by atoms with van der Waals surface area (Å²) in [6, 6.07) is 5.60. The minimum Gasteiger partial charge on any atom is -0.368 e. The van der Waals surface area contributed by atoms with Crippen molar-refractivity contribution in [3.05, 3.63) is 23.8 Å². The van der Waals surface area contributed by atoms with Crippen molar-refractivity contribution in [1.29, 1.82) is 5.26 Å². The van der Waals surface area contributed by atoms with Crippen LogP contribution in [0.25, 0.3) is 0 Å². The highest BCUT2D eigenvalue weighted by Gasteiger charge is 2.17. The van der Waals surface area contributed by atoms with Gasteiger partial charge in [0, 0.05) is 12.7 Å². The predicted molar refractivity (Wildman–Crippen MR) is 67.6 cm³/mol. The van der Waals surface area contributed by atoms with E-state index in [-0.39, 0.29) is 24.5 Å². The Bertz CT molecular complexity index is 580. The van der Waals surface area contributed by atoms with Crippen LogP contribution in [0.3, 0.4) is 0 Å². The molecule has 0 amide bonds. The van der Waals surface area contributed by atoms with E-state index < -0.39 is 15.0 Å². The molecule has 0 unspecified atom stereocenters. The van der Waals surface area contributed by atoms with Gasteiger partial charge in [0.05, 0.1) is 12.1 Å². The van der Waals surface area contributed by atoms with E-state index in [1.54, 1.807) is 13.1 Å². The van der Waals surface area contributed by atoms with Gasteiger partial charge in [0.1, 0.15) is 17.3 Å². The second kappa shape index (κ2) is 6.35. The highest BCUT2D eigenvalue weighted by Crippen LogP contribution is 2.22.